The third-order valence-electron chi connectivity index (χ3n) is 4.74. The monoisotopic (exact) mass is 350 g/mol. The lowest BCUT2D eigenvalue weighted by Crippen LogP contribution is -2.41. The van der Waals surface area contributed by atoms with Crippen LogP contribution in [0.25, 0.3) is 0 Å². The Balaban J connectivity index is 1.88. The first-order valence-corrected chi connectivity index (χ1v) is 9.04. The average Bonchev–Trinajstić information content (AvgIpc) is 2.40. The van der Waals surface area contributed by atoms with Gasteiger partial charge in [0.25, 0.3) is 0 Å². The fourth-order valence-corrected chi connectivity index (χ4v) is 4.49. The summed E-state index contributed by atoms with van der Waals surface area (Å²) in [5.41, 5.74) is 0.249. The lowest BCUT2D eigenvalue weighted by Gasteiger charge is -2.41. The van der Waals surface area contributed by atoms with Crippen LogP contribution in [0.3, 0.4) is 0 Å². The summed E-state index contributed by atoms with van der Waals surface area (Å²) in [6.45, 7) is 2.34. The molecular formula is C15H27IO. The Morgan fingerprint density at radius 1 is 1.12 bits per heavy atom. The topological polar surface area (TPSA) is 9.23 Å². The van der Waals surface area contributed by atoms with Crippen LogP contribution in [0.2, 0.25) is 0 Å². The van der Waals surface area contributed by atoms with Crippen LogP contribution < -0.4 is 0 Å². The Hall–Kier alpha value is 0.690. The molecule has 0 aromatic carbocycles. The van der Waals surface area contributed by atoms with E-state index in [0.29, 0.717) is 6.10 Å². The molecule has 100 valence electrons. The smallest absolute Gasteiger partial charge is 0.0775 e. The normalized spacial score (nSPS) is 33.5. The van der Waals surface area contributed by atoms with Crippen molar-refractivity contribution in [3.8, 4) is 0 Å². The molecule has 2 saturated carbocycles. The molecule has 1 nitrogen and oxygen atoms in total. The molecule has 0 spiro atoms. The van der Waals surface area contributed by atoms with Crippen LogP contribution >= 0.6 is 22.6 Å². The Morgan fingerprint density at radius 3 is 2.53 bits per heavy atom. The standard InChI is InChI=1S/C15H27IO/c1-2-13-7-6-8-14(11-13)17-15(12-16)9-4-3-5-10-15/h13-14H,2-12H2,1H3. The van der Waals surface area contributed by atoms with Crippen molar-refractivity contribution in [2.45, 2.75) is 82.8 Å². The fraction of sp³-hybridized carbons (Fsp3) is 1.00. The summed E-state index contributed by atoms with van der Waals surface area (Å²) in [6.07, 6.45) is 14.2. The molecule has 0 bridgehead atoms. The Bertz CT molecular complexity index is 223. The van der Waals surface area contributed by atoms with Gasteiger partial charge in [-0.1, -0.05) is 68.0 Å². The van der Waals surface area contributed by atoms with Crippen molar-refractivity contribution in [3.05, 3.63) is 0 Å². The third-order valence-corrected chi connectivity index (χ3v) is 6.13. The molecule has 0 aromatic rings. The van der Waals surface area contributed by atoms with E-state index in [2.05, 4.69) is 29.5 Å². The van der Waals surface area contributed by atoms with Gasteiger partial charge in [0, 0.05) is 4.43 Å². The zero-order valence-corrected chi connectivity index (χ0v) is 13.4. The van der Waals surface area contributed by atoms with Gasteiger partial charge in [-0.05, 0) is 31.6 Å². The van der Waals surface area contributed by atoms with Gasteiger partial charge in [-0.15, -0.1) is 0 Å². The molecule has 0 saturated heterocycles. The fourth-order valence-electron chi connectivity index (χ4n) is 3.55. The van der Waals surface area contributed by atoms with Crippen molar-refractivity contribution in [3.63, 3.8) is 0 Å². The molecule has 2 atom stereocenters. The van der Waals surface area contributed by atoms with Gasteiger partial charge in [0.15, 0.2) is 0 Å². The van der Waals surface area contributed by atoms with Crippen molar-refractivity contribution in [2.24, 2.45) is 5.92 Å². The molecule has 2 heteroatoms. The average molecular weight is 350 g/mol. The van der Waals surface area contributed by atoms with Crippen LogP contribution in [0.4, 0.5) is 0 Å². The third kappa shape index (κ3) is 3.82. The number of hydrogen-bond donors (Lipinski definition) is 0. The maximum absolute atomic E-state index is 6.59. The molecule has 17 heavy (non-hydrogen) atoms. The molecule has 0 N–H and O–H groups in total. The summed E-state index contributed by atoms with van der Waals surface area (Å²) < 4.78 is 7.79. The van der Waals surface area contributed by atoms with Crippen molar-refractivity contribution in [2.75, 3.05) is 4.43 Å². The predicted molar refractivity (Wildman–Crippen MR) is 81.8 cm³/mol. The maximum Gasteiger partial charge on any atom is 0.0775 e. The lowest BCUT2D eigenvalue weighted by atomic mass is 9.83. The van der Waals surface area contributed by atoms with Crippen LogP contribution in [0.1, 0.15) is 71.1 Å². The SMILES string of the molecule is CCC1CCCC(OC2(CI)CCCCC2)C1. The molecule has 0 radical (unpaired) electrons. The summed E-state index contributed by atoms with van der Waals surface area (Å²) in [5.74, 6) is 0.934. The molecule has 2 fully saturated rings. The zero-order chi connectivity index (χ0) is 12.1. The highest BCUT2D eigenvalue weighted by Gasteiger charge is 2.35. The van der Waals surface area contributed by atoms with Crippen LogP contribution in [-0.2, 0) is 4.74 Å². The van der Waals surface area contributed by atoms with Crippen molar-refractivity contribution < 1.29 is 4.74 Å². The molecule has 0 amide bonds. The first-order chi connectivity index (χ1) is 8.28. The van der Waals surface area contributed by atoms with Gasteiger partial charge in [0.05, 0.1) is 11.7 Å². The summed E-state index contributed by atoms with van der Waals surface area (Å²) in [4.78, 5) is 0. The van der Waals surface area contributed by atoms with Gasteiger partial charge in [-0.2, -0.15) is 0 Å². The maximum atomic E-state index is 6.59. The molecule has 2 aliphatic carbocycles. The van der Waals surface area contributed by atoms with E-state index in [0.717, 1.165) is 5.92 Å². The highest BCUT2D eigenvalue weighted by Crippen LogP contribution is 2.38. The van der Waals surface area contributed by atoms with Crippen molar-refractivity contribution in [1.29, 1.82) is 0 Å². The Morgan fingerprint density at radius 2 is 1.88 bits per heavy atom. The lowest BCUT2D eigenvalue weighted by molar-refractivity contribution is -0.114. The highest BCUT2D eigenvalue weighted by atomic mass is 127. The predicted octanol–water partition coefficient (Wildman–Crippen LogP) is 5.11. The number of alkyl halides is 1. The Labute approximate surface area is 120 Å². The Kier molecular flexibility index (Phi) is 5.59. The second-order valence-corrected chi connectivity index (χ2v) is 6.82. The molecular weight excluding hydrogens is 323 g/mol. The second-order valence-electron chi connectivity index (χ2n) is 6.06. The minimum atomic E-state index is 0.249. The van der Waals surface area contributed by atoms with Crippen LogP contribution in [0.15, 0.2) is 0 Å². The molecule has 0 aromatic heterocycles. The first kappa shape index (κ1) is 14.1. The van der Waals surface area contributed by atoms with E-state index >= 15 is 0 Å². The largest absolute Gasteiger partial charge is 0.371 e. The number of halogens is 1. The molecule has 0 heterocycles. The van der Waals surface area contributed by atoms with E-state index in [1.807, 2.05) is 0 Å². The highest BCUT2D eigenvalue weighted by molar-refractivity contribution is 14.1. The van der Waals surface area contributed by atoms with Crippen molar-refractivity contribution >= 4 is 22.6 Å². The summed E-state index contributed by atoms with van der Waals surface area (Å²) in [5, 5.41) is 0. The van der Waals surface area contributed by atoms with E-state index in [9.17, 15) is 0 Å². The summed E-state index contributed by atoms with van der Waals surface area (Å²) >= 11 is 2.55. The van der Waals surface area contributed by atoms with Gasteiger partial charge in [0.2, 0.25) is 0 Å². The van der Waals surface area contributed by atoms with Crippen molar-refractivity contribution in [1.82, 2.24) is 0 Å². The second kappa shape index (κ2) is 6.74. The molecule has 2 aliphatic rings. The molecule has 2 unspecified atom stereocenters. The van der Waals surface area contributed by atoms with Gasteiger partial charge >= 0.3 is 0 Å². The molecule has 2 rings (SSSR count). The summed E-state index contributed by atoms with van der Waals surface area (Å²) in [7, 11) is 0. The van der Waals surface area contributed by atoms with Crippen LogP contribution in [0.5, 0.6) is 0 Å². The van der Waals surface area contributed by atoms with Crippen LogP contribution in [0, 0.1) is 5.92 Å². The molecule has 0 aliphatic heterocycles. The van der Waals surface area contributed by atoms with Gasteiger partial charge in [-0.3, -0.25) is 0 Å². The number of ether oxygens (including phenoxy) is 1. The van der Waals surface area contributed by atoms with E-state index in [4.69, 9.17) is 4.74 Å². The minimum absolute atomic E-state index is 0.249. The van der Waals surface area contributed by atoms with Gasteiger partial charge in [-0.25, -0.2) is 0 Å². The van der Waals surface area contributed by atoms with Gasteiger partial charge < -0.3 is 4.74 Å². The minimum Gasteiger partial charge on any atom is -0.371 e. The zero-order valence-electron chi connectivity index (χ0n) is 11.2. The van der Waals surface area contributed by atoms with E-state index in [1.54, 1.807) is 0 Å². The van der Waals surface area contributed by atoms with Gasteiger partial charge in [0.1, 0.15) is 0 Å². The van der Waals surface area contributed by atoms with Crippen LogP contribution in [-0.4, -0.2) is 16.1 Å². The summed E-state index contributed by atoms with van der Waals surface area (Å²) in [6, 6.07) is 0. The van der Waals surface area contributed by atoms with E-state index in [1.165, 1.54) is 68.6 Å². The first-order valence-electron chi connectivity index (χ1n) is 7.52. The number of hydrogen-bond acceptors (Lipinski definition) is 1. The van der Waals surface area contributed by atoms with E-state index < -0.39 is 0 Å². The number of rotatable bonds is 4. The van der Waals surface area contributed by atoms with E-state index in [-0.39, 0.29) is 5.60 Å². The quantitative estimate of drug-likeness (QED) is 0.506.